The first kappa shape index (κ1) is 17.5. The number of nitrogens with two attached hydrogens (primary N) is 1. The van der Waals surface area contributed by atoms with E-state index in [1.807, 2.05) is 0 Å². The number of rotatable bonds is 2. The molecule has 0 saturated carbocycles. The van der Waals surface area contributed by atoms with E-state index in [-0.39, 0.29) is 39.4 Å². The van der Waals surface area contributed by atoms with Gasteiger partial charge in [0.25, 0.3) is 0 Å². The summed E-state index contributed by atoms with van der Waals surface area (Å²) < 4.78 is 2.11. The molecule has 88 valence electrons. The molecule has 0 aromatic carbocycles. The van der Waals surface area contributed by atoms with Crippen LogP contribution < -0.4 is 10.3 Å². The third-order valence-electron chi connectivity index (χ3n) is 2.14. The Balaban J connectivity index is 0. The standard InChI is InChI=1S/C11H19N2.2BrH/c1-11(2,3)10-4-7-13(8-5-10)9-6-12;;/h4-5,7-8H,6,9,12H2,1-3H3;2*1H/q+1;;. The van der Waals surface area contributed by atoms with E-state index in [2.05, 4.69) is 49.9 Å². The summed E-state index contributed by atoms with van der Waals surface area (Å²) in [5.41, 5.74) is 7.06. The zero-order valence-electron chi connectivity index (χ0n) is 9.56. The fourth-order valence-corrected chi connectivity index (χ4v) is 1.26. The summed E-state index contributed by atoms with van der Waals surface area (Å²) in [6.45, 7) is 8.24. The lowest BCUT2D eigenvalue weighted by atomic mass is 9.88. The highest BCUT2D eigenvalue weighted by Gasteiger charge is 2.14. The molecule has 0 radical (unpaired) electrons. The van der Waals surface area contributed by atoms with Crippen molar-refractivity contribution in [3.05, 3.63) is 30.1 Å². The minimum absolute atomic E-state index is 0. The van der Waals surface area contributed by atoms with Crippen LogP contribution in [-0.4, -0.2) is 6.54 Å². The van der Waals surface area contributed by atoms with Crippen LogP contribution in [-0.2, 0) is 12.0 Å². The van der Waals surface area contributed by atoms with Gasteiger partial charge in [-0.25, -0.2) is 4.57 Å². The fourth-order valence-electron chi connectivity index (χ4n) is 1.26. The first-order chi connectivity index (χ1) is 6.04. The van der Waals surface area contributed by atoms with Crippen molar-refractivity contribution < 1.29 is 4.57 Å². The van der Waals surface area contributed by atoms with E-state index in [1.165, 1.54) is 5.56 Å². The van der Waals surface area contributed by atoms with Gasteiger partial charge in [-0.2, -0.15) is 0 Å². The Morgan fingerprint density at radius 2 is 1.60 bits per heavy atom. The molecule has 0 unspecified atom stereocenters. The average molecular weight is 341 g/mol. The third-order valence-corrected chi connectivity index (χ3v) is 2.14. The molecule has 2 nitrogen and oxygen atoms in total. The molecule has 0 fully saturated rings. The molecule has 0 aliphatic rings. The van der Waals surface area contributed by atoms with E-state index in [0.717, 1.165) is 6.54 Å². The van der Waals surface area contributed by atoms with Gasteiger partial charge in [0.1, 0.15) is 0 Å². The molecular formula is C11H21Br2N2+. The van der Waals surface area contributed by atoms with Crippen molar-refractivity contribution in [2.45, 2.75) is 32.7 Å². The van der Waals surface area contributed by atoms with Crippen LogP contribution in [0.25, 0.3) is 0 Å². The summed E-state index contributed by atoms with van der Waals surface area (Å²) in [6.07, 6.45) is 4.18. The van der Waals surface area contributed by atoms with Gasteiger partial charge in [-0.15, -0.1) is 34.0 Å². The molecule has 0 aliphatic carbocycles. The number of hydrogen-bond acceptors (Lipinski definition) is 1. The molecule has 0 bridgehead atoms. The van der Waals surface area contributed by atoms with E-state index < -0.39 is 0 Å². The summed E-state index contributed by atoms with van der Waals surface area (Å²) in [7, 11) is 0. The van der Waals surface area contributed by atoms with Crippen molar-refractivity contribution in [1.29, 1.82) is 0 Å². The van der Waals surface area contributed by atoms with Crippen LogP contribution in [0.15, 0.2) is 24.5 Å². The predicted octanol–water partition coefficient (Wildman–Crippen LogP) is 2.39. The van der Waals surface area contributed by atoms with Gasteiger partial charge in [0, 0.05) is 12.1 Å². The monoisotopic (exact) mass is 339 g/mol. The van der Waals surface area contributed by atoms with Gasteiger partial charge < -0.3 is 5.73 Å². The Bertz CT molecular complexity index is 265. The van der Waals surface area contributed by atoms with Crippen molar-refractivity contribution >= 4 is 34.0 Å². The zero-order valence-corrected chi connectivity index (χ0v) is 13.0. The van der Waals surface area contributed by atoms with Crippen molar-refractivity contribution in [2.24, 2.45) is 5.73 Å². The number of aromatic nitrogens is 1. The number of halogens is 2. The summed E-state index contributed by atoms with van der Waals surface area (Å²) in [5.74, 6) is 0. The topological polar surface area (TPSA) is 29.9 Å². The van der Waals surface area contributed by atoms with Crippen LogP contribution in [0.1, 0.15) is 26.3 Å². The van der Waals surface area contributed by atoms with Crippen LogP contribution >= 0.6 is 34.0 Å². The minimum Gasteiger partial charge on any atom is -0.325 e. The van der Waals surface area contributed by atoms with Crippen molar-refractivity contribution in [3.8, 4) is 0 Å². The molecule has 1 heterocycles. The highest BCUT2D eigenvalue weighted by atomic mass is 79.9. The van der Waals surface area contributed by atoms with Gasteiger partial charge in [0.15, 0.2) is 18.9 Å². The van der Waals surface area contributed by atoms with Gasteiger partial charge >= 0.3 is 0 Å². The second-order valence-electron chi connectivity index (χ2n) is 4.36. The zero-order chi connectivity index (χ0) is 9.90. The Kier molecular flexibility index (Phi) is 8.57. The van der Waals surface area contributed by atoms with Gasteiger partial charge in [0.05, 0.1) is 6.54 Å². The minimum atomic E-state index is 0. The summed E-state index contributed by atoms with van der Waals surface area (Å²) in [4.78, 5) is 0. The first-order valence-corrected chi connectivity index (χ1v) is 4.73. The average Bonchev–Trinajstić information content (AvgIpc) is 2.04. The molecule has 15 heavy (non-hydrogen) atoms. The van der Waals surface area contributed by atoms with Gasteiger partial charge in [-0.05, 0) is 11.0 Å². The largest absolute Gasteiger partial charge is 0.325 e. The van der Waals surface area contributed by atoms with Gasteiger partial charge in [0.2, 0.25) is 0 Å². The molecule has 0 saturated heterocycles. The van der Waals surface area contributed by atoms with E-state index in [0.29, 0.717) is 6.54 Å². The second-order valence-corrected chi connectivity index (χ2v) is 4.36. The molecule has 1 aromatic heterocycles. The first-order valence-electron chi connectivity index (χ1n) is 4.73. The Morgan fingerprint density at radius 3 is 1.93 bits per heavy atom. The fraction of sp³-hybridized carbons (Fsp3) is 0.545. The van der Waals surface area contributed by atoms with Crippen LogP contribution in [0.4, 0.5) is 0 Å². The highest BCUT2D eigenvalue weighted by molar-refractivity contribution is 8.93. The summed E-state index contributed by atoms with van der Waals surface area (Å²) in [5, 5.41) is 0. The lowest BCUT2D eigenvalue weighted by molar-refractivity contribution is -0.694. The molecule has 4 heteroatoms. The van der Waals surface area contributed by atoms with E-state index in [1.54, 1.807) is 0 Å². The van der Waals surface area contributed by atoms with Gasteiger partial charge in [-0.3, -0.25) is 0 Å². The molecule has 1 rings (SSSR count). The Labute approximate surface area is 113 Å². The maximum atomic E-state index is 5.46. The smallest absolute Gasteiger partial charge is 0.169 e. The predicted molar refractivity (Wildman–Crippen MR) is 75.0 cm³/mol. The maximum absolute atomic E-state index is 5.46. The van der Waals surface area contributed by atoms with Crippen molar-refractivity contribution in [3.63, 3.8) is 0 Å². The Morgan fingerprint density at radius 1 is 1.13 bits per heavy atom. The molecule has 2 N–H and O–H groups in total. The van der Waals surface area contributed by atoms with Crippen molar-refractivity contribution in [2.75, 3.05) is 6.54 Å². The van der Waals surface area contributed by atoms with Crippen LogP contribution in [0.5, 0.6) is 0 Å². The third kappa shape index (κ3) is 5.64. The Hall–Kier alpha value is 0.0700. The van der Waals surface area contributed by atoms with Crippen molar-refractivity contribution in [1.82, 2.24) is 0 Å². The normalized spacial score (nSPS) is 10.1. The second kappa shape index (κ2) is 7.36. The van der Waals surface area contributed by atoms with E-state index >= 15 is 0 Å². The number of nitrogens with zero attached hydrogens (tertiary/aromatic N) is 1. The van der Waals surface area contributed by atoms with Crippen LogP contribution in [0.2, 0.25) is 0 Å². The van der Waals surface area contributed by atoms with E-state index in [9.17, 15) is 0 Å². The van der Waals surface area contributed by atoms with Gasteiger partial charge in [-0.1, -0.05) is 20.8 Å². The summed E-state index contributed by atoms with van der Waals surface area (Å²) in [6, 6.07) is 4.32. The molecule has 0 spiro atoms. The van der Waals surface area contributed by atoms with E-state index in [4.69, 9.17) is 5.73 Å². The quantitative estimate of drug-likeness (QED) is 0.823. The van der Waals surface area contributed by atoms with Crippen LogP contribution in [0.3, 0.4) is 0 Å². The number of hydrogen-bond donors (Lipinski definition) is 1. The summed E-state index contributed by atoms with van der Waals surface area (Å²) >= 11 is 0. The number of pyridine rings is 1. The highest BCUT2D eigenvalue weighted by Crippen LogP contribution is 2.19. The molecule has 0 atom stereocenters. The lowest BCUT2D eigenvalue weighted by Gasteiger charge is -2.17. The maximum Gasteiger partial charge on any atom is 0.169 e. The molecule has 0 aliphatic heterocycles. The molecule has 1 aromatic rings. The molecule has 0 amide bonds. The SMILES string of the molecule is Br.Br.CC(C)(C)c1cc[n+](CCN)cc1. The van der Waals surface area contributed by atoms with Crippen LogP contribution in [0, 0.1) is 0 Å². The lowest BCUT2D eigenvalue weighted by Crippen LogP contribution is -2.37. The molecular weight excluding hydrogens is 320 g/mol.